The third-order valence-corrected chi connectivity index (χ3v) is 3.86. The molecule has 5 heteroatoms. The monoisotopic (exact) mass is 276 g/mol. The van der Waals surface area contributed by atoms with E-state index in [9.17, 15) is 4.79 Å². The highest BCUT2D eigenvalue weighted by atomic mass is 16.2. The number of amides is 1. The Morgan fingerprint density at radius 3 is 2.90 bits per heavy atom. The van der Waals surface area contributed by atoms with E-state index in [-0.39, 0.29) is 5.91 Å². The van der Waals surface area contributed by atoms with Crippen molar-refractivity contribution >= 4 is 11.7 Å². The van der Waals surface area contributed by atoms with Crippen molar-refractivity contribution in [2.45, 2.75) is 26.3 Å². The number of hydrogen-bond donors (Lipinski definition) is 1. The summed E-state index contributed by atoms with van der Waals surface area (Å²) in [5, 5.41) is 3.14. The summed E-state index contributed by atoms with van der Waals surface area (Å²) in [6.45, 7) is 7.48. The Labute approximate surface area is 121 Å². The smallest absolute Gasteiger partial charge is 0.272 e. The summed E-state index contributed by atoms with van der Waals surface area (Å²) < 4.78 is 0. The van der Waals surface area contributed by atoms with Gasteiger partial charge in [-0.05, 0) is 32.5 Å². The van der Waals surface area contributed by atoms with Gasteiger partial charge in [-0.1, -0.05) is 13.0 Å². The minimum atomic E-state index is 0.0382. The predicted molar refractivity (Wildman–Crippen MR) is 81.0 cm³/mol. The molecular formula is C15H24N4O. The number of piperazine rings is 1. The molecule has 0 saturated carbocycles. The zero-order chi connectivity index (χ0) is 14.5. The van der Waals surface area contributed by atoms with E-state index in [4.69, 9.17) is 0 Å². The van der Waals surface area contributed by atoms with Gasteiger partial charge in [-0.25, -0.2) is 4.98 Å². The van der Waals surface area contributed by atoms with Crippen LogP contribution in [-0.2, 0) is 0 Å². The number of pyridine rings is 1. The van der Waals surface area contributed by atoms with Crippen LogP contribution in [-0.4, -0.2) is 60.0 Å². The third-order valence-electron chi connectivity index (χ3n) is 3.86. The molecule has 20 heavy (non-hydrogen) atoms. The molecule has 2 heterocycles. The number of carbonyl (C=O) groups excluding carboxylic acids is 1. The minimum absolute atomic E-state index is 0.0382. The number of nitrogens with one attached hydrogen (secondary N) is 1. The molecule has 1 aromatic rings. The zero-order valence-electron chi connectivity index (χ0n) is 12.6. The van der Waals surface area contributed by atoms with Crippen molar-refractivity contribution in [1.29, 1.82) is 0 Å². The highest BCUT2D eigenvalue weighted by Gasteiger charge is 2.27. The number of carbonyl (C=O) groups is 1. The summed E-state index contributed by atoms with van der Waals surface area (Å²) in [6, 6.07) is 6.01. The first-order valence-corrected chi connectivity index (χ1v) is 7.36. The van der Waals surface area contributed by atoms with Gasteiger partial charge in [-0.2, -0.15) is 0 Å². The summed E-state index contributed by atoms with van der Waals surface area (Å²) >= 11 is 0. The minimum Gasteiger partial charge on any atom is -0.370 e. The molecule has 0 aromatic carbocycles. The molecule has 1 N–H and O–H groups in total. The van der Waals surface area contributed by atoms with Crippen molar-refractivity contribution < 1.29 is 4.79 Å². The van der Waals surface area contributed by atoms with Gasteiger partial charge in [-0.3, -0.25) is 9.69 Å². The lowest BCUT2D eigenvalue weighted by atomic mass is 10.1. The van der Waals surface area contributed by atoms with Crippen LogP contribution in [0.4, 0.5) is 5.82 Å². The van der Waals surface area contributed by atoms with Crippen LogP contribution in [0.1, 0.15) is 30.8 Å². The average Bonchev–Trinajstić information content (AvgIpc) is 2.48. The van der Waals surface area contributed by atoms with Crippen molar-refractivity contribution in [2.24, 2.45) is 0 Å². The van der Waals surface area contributed by atoms with Crippen molar-refractivity contribution in [3.8, 4) is 0 Å². The highest BCUT2D eigenvalue weighted by Crippen LogP contribution is 2.14. The molecule has 1 saturated heterocycles. The van der Waals surface area contributed by atoms with Crippen LogP contribution in [0.25, 0.3) is 0 Å². The second kappa shape index (κ2) is 6.70. The van der Waals surface area contributed by atoms with E-state index in [1.165, 1.54) is 0 Å². The lowest BCUT2D eigenvalue weighted by Crippen LogP contribution is -2.53. The van der Waals surface area contributed by atoms with Gasteiger partial charge in [-0.15, -0.1) is 0 Å². The molecule has 110 valence electrons. The Kier molecular flexibility index (Phi) is 4.95. The first-order chi connectivity index (χ1) is 9.65. The summed E-state index contributed by atoms with van der Waals surface area (Å²) in [5.41, 5.74) is 0.530. The summed E-state index contributed by atoms with van der Waals surface area (Å²) in [5.74, 6) is 0.802. The van der Waals surface area contributed by atoms with E-state index < -0.39 is 0 Å². The molecular weight excluding hydrogens is 252 g/mol. The molecule has 5 nitrogen and oxygen atoms in total. The highest BCUT2D eigenvalue weighted by molar-refractivity contribution is 5.92. The Bertz CT molecular complexity index is 463. The zero-order valence-corrected chi connectivity index (χ0v) is 12.6. The first kappa shape index (κ1) is 14.8. The second-order valence-electron chi connectivity index (χ2n) is 5.23. The quantitative estimate of drug-likeness (QED) is 0.909. The van der Waals surface area contributed by atoms with Gasteiger partial charge in [0.2, 0.25) is 0 Å². The van der Waals surface area contributed by atoms with Crippen molar-refractivity contribution in [2.75, 3.05) is 38.5 Å². The lowest BCUT2D eigenvalue weighted by molar-refractivity contribution is 0.0536. The number of rotatable bonds is 4. The van der Waals surface area contributed by atoms with E-state index in [1.54, 1.807) is 6.07 Å². The van der Waals surface area contributed by atoms with Crippen molar-refractivity contribution in [3.63, 3.8) is 0 Å². The molecule has 0 spiro atoms. The Hall–Kier alpha value is -1.62. The number of nitrogens with zero attached hydrogens (tertiary/aromatic N) is 3. The molecule has 1 unspecified atom stereocenters. The first-order valence-electron chi connectivity index (χ1n) is 7.36. The lowest BCUT2D eigenvalue weighted by Gasteiger charge is -2.39. The van der Waals surface area contributed by atoms with Gasteiger partial charge in [0.05, 0.1) is 0 Å². The fourth-order valence-electron chi connectivity index (χ4n) is 2.57. The van der Waals surface area contributed by atoms with Gasteiger partial charge >= 0.3 is 0 Å². The fraction of sp³-hybridized carbons (Fsp3) is 0.600. The van der Waals surface area contributed by atoms with E-state index >= 15 is 0 Å². The molecule has 2 rings (SSSR count). The number of aromatic nitrogens is 1. The van der Waals surface area contributed by atoms with Crippen LogP contribution in [0.5, 0.6) is 0 Å². The standard InChI is InChI=1S/C15H24N4O/c1-4-12-11-19(10-9-18(12)3)15(20)13-7-6-8-14(17-13)16-5-2/h6-8,12H,4-5,9-11H2,1-3H3,(H,16,17). The van der Waals surface area contributed by atoms with E-state index in [0.717, 1.165) is 38.4 Å². The molecule has 1 atom stereocenters. The van der Waals surface area contributed by atoms with Crippen LogP contribution >= 0.6 is 0 Å². The van der Waals surface area contributed by atoms with Gasteiger partial charge in [0.1, 0.15) is 11.5 Å². The van der Waals surface area contributed by atoms with Crippen LogP contribution in [0.15, 0.2) is 18.2 Å². The summed E-state index contributed by atoms with van der Waals surface area (Å²) in [6.07, 6.45) is 1.06. The maximum absolute atomic E-state index is 12.5. The second-order valence-corrected chi connectivity index (χ2v) is 5.23. The summed E-state index contributed by atoms with van der Waals surface area (Å²) in [4.78, 5) is 21.2. The normalized spacial score (nSPS) is 19.9. The van der Waals surface area contributed by atoms with Gasteiger partial charge in [0, 0.05) is 32.2 Å². The molecule has 0 radical (unpaired) electrons. The van der Waals surface area contributed by atoms with Crippen LogP contribution < -0.4 is 5.32 Å². The molecule has 1 aromatic heterocycles. The molecule has 0 aliphatic carbocycles. The van der Waals surface area contributed by atoms with Crippen molar-refractivity contribution in [1.82, 2.24) is 14.8 Å². The maximum atomic E-state index is 12.5. The molecule has 1 aliphatic heterocycles. The molecule has 1 aliphatic rings. The van der Waals surface area contributed by atoms with E-state index in [0.29, 0.717) is 11.7 Å². The van der Waals surface area contributed by atoms with Crippen molar-refractivity contribution in [3.05, 3.63) is 23.9 Å². The van der Waals surface area contributed by atoms with Crippen LogP contribution in [0.3, 0.4) is 0 Å². The number of likely N-dealkylation sites (N-methyl/N-ethyl adjacent to an activating group) is 1. The average molecular weight is 276 g/mol. The molecule has 1 amide bonds. The Balaban J connectivity index is 2.09. The third kappa shape index (κ3) is 3.28. The maximum Gasteiger partial charge on any atom is 0.272 e. The van der Waals surface area contributed by atoms with E-state index in [1.807, 2.05) is 24.0 Å². The van der Waals surface area contributed by atoms with Crippen LogP contribution in [0, 0.1) is 0 Å². The van der Waals surface area contributed by atoms with Crippen LogP contribution in [0.2, 0.25) is 0 Å². The Morgan fingerprint density at radius 1 is 1.40 bits per heavy atom. The summed E-state index contributed by atoms with van der Waals surface area (Å²) in [7, 11) is 2.13. The van der Waals surface area contributed by atoms with Gasteiger partial charge < -0.3 is 10.2 Å². The SMILES string of the molecule is CCNc1cccc(C(=O)N2CCN(C)C(CC)C2)n1. The predicted octanol–water partition coefficient (Wildman–Crippen LogP) is 1.68. The van der Waals surface area contributed by atoms with Gasteiger partial charge in [0.25, 0.3) is 5.91 Å². The van der Waals surface area contributed by atoms with E-state index in [2.05, 4.69) is 29.2 Å². The fourth-order valence-corrected chi connectivity index (χ4v) is 2.57. The largest absolute Gasteiger partial charge is 0.370 e. The number of anilines is 1. The topological polar surface area (TPSA) is 48.5 Å². The Morgan fingerprint density at radius 2 is 2.20 bits per heavy atom. The number of hydrogen-bond acceptors (Lipinski definition) is 4. The van der Waals surface area contributed by atoms with Gasteiger partial charge in [0.15, 0.2) is 0 Å². The molecule has 0 bridgehead atoms. The molecule has 1 fully saturated rings.